The average molecular weight is 273 g/mol. The van der Waals surface area contributed by atoms with Crippen molar-refractivity contribution in [2.24, 2.45) is 0 Å². The number of pyridine rings is 1. The van der Waals surface area contributed by atoms with Gasteiger partial charge in [-0.25, -0.2) is 0 Å². The highest BCUT2D eigenvalue weighted by molar-refractivity contribution is 5.19. The molecule has 1 saturated heterocycles. The summed E-state index contributed by atoms with van der Waals surface area (Å²) >= 11 is 0. The van der Waals surface area contributed by atoms with Gasteiger partial charge < -0.3 is 5.32 Å². The van der Waals surface area contributed by atoms with Crippen LogP contribution in [0.1, 0.15) is 50.3 Å². The number of nitrogens with one attached hydrogen (secondary N) is 1. The topological polar surface area (TPSA) is 28.2 Å². The SMILES string of the molecule is CCc1cccnc1CN1CCCNC2(CCCC2)C1. The average Bonchev–Trinajstić information content (AvgIpc) is 2.82. The summed E-state index contributed by atoms with van der Waals surface area (Å²) in [6, 6.07) is 4.29. The lowest BCUT2D eigenvalue weighted by Gasteiger charge is -2.33. The zero-order chi connectivity index (χ0) is 13.8. The summed E-state index contributed by atoms with van der Waals surface area (Å²) in [5, 5.41) is 3.84. The number of nitrogens with zero attached hydrogens (tertiary/aromatic N) is 2. The van der Waals surface area contributed by atoms with Crippen molar-refractivity contribution in [3.05, 3.63) is 29.6 Å². The Morgan fingerprint density at radius 1 is 1.30 bits per heavy atom. The van der Waals surface area contributed by atoms with Crippen molar-refractivity contribution in [1.82, 2.24) is 15.2 Å². The second-order valence-corrected chi connectivity index (χ2v) is 6.44. The highest BCUT2D eigenvalue weighted by atomic mass is 15.2. The molecular weight excluding hydrogens is 246 g/mol. The van der Waals surface area contributed by atoms with E-state index in [1.165, 1.54) is 63.0 Å². The molecule has 1 spiro atoms. The number of hydrogen-bond donors (Lipinski definition) is 1. The minimum atomic E-state index is 0.400. The molecule has 1 aliphatic carbocycles. The molecule has 3 nitrogen and oxygen atoms in total. The van der Waals surface area contributed by atoms with Crippen LogP contribution >= 0.6 is 0 Å². The van der Waals surface area contributed by atoms with Crippen molar-refractivity contribution in [2.45, 2.75) is 57.5 Å². The number of aromatic nitrogens is 1. The van der Waals surface area contributed by atoms with Crippen LogP contribution in [0.15, 0.2) is 18.3 Å². The molecule has 0 amide bonds. The Labute approximate surface area is 122 Å². The molecule has 1 N–H and O–H groups in total. The lowest BCUT2D eigenvalue weighted by Crippen LogP contribution is -2.49. The van der Waals surface area contributed by atoms with E-state index in [1.807, 2.05) is 6.20 Å². The smallest absolute Gasteiger partial charge is 0.0575 e. The fraction of sp³-hybridized carbons (Fsp3) is 0.706. The van der Waals surface area contributed by atoms with E-state index in [1.54, 1.807) is 0 Å². The molecular formula is C17H27N3. The minimum Gasteiger partial charge on any atom is -0.310 e. The molecule has 3 heteroatoms. The summed E-state index contributed by atoms with van der Waals surface area (Å²) in [7, 11) is 0. The second-order valence-electron chi connectivity index (χ2n) is 6.44. The van der Waals surface area contributed by atoms with Gasteiger partial charge in [-0.2, -0.15) is 0 Å². The van der Waals surface area contributed by atoms with E-state index in [9.17, 15) is 0 Å². The van der Waals surface area contributed by atoms with Gasteiger partial charge in [0.05, 0.1) is 5.69 Å². The first-order valence-corrected chi connectivity index (χ1v) is 8.21. The van der Waals surface area contributed by atoms with Crippen molar-refractivity contribution < 1.29 is 0 Å². The van der Waals surface area contributed by atoms with E-state index in [0.717, 1.165) is 13.0 Å². The van der Waals surface area contributed by atoms with E-state index in [4.69, 9.17) is 0 Å². The minimum absolute atomic E-state index is 0.400. The molecule has 1 aromatic heterocycles. The molecule has 20 heavy (non-hydrogen) atoms. The monoisotopic (exact) mass is 273 g/mol. The zero-order valence-electron chi connectivity index (χ0n) is 12.7. The third-order valence-corrected chi connectivity index (χ3v) is 4.98. The van der Waals surface area contributed by atoms with Gasteiger partial charge >= 0.3 is 0 Å². The van der Waals surface area contributed by atoms with Gasteiger partial charge in [0.1, 0.15) is 0 Å². The first-order valence-electron chi connectivity index (χ1n) is 8.21. The third kappa shape index (κ3) is 3.04. The van der Waals surface area contributed by atoms with Crippen LogP contribution < -0.4 is 5.32 Å². The van der Waals surface area contributed by atoms with Gasteiger partial charge in [0, 0.05) is 24.8 Å². The van der Waals surface area contributed by atoms with Crippen LogP contribution in [0.5, 0.6) is 0 Å². The van der Waals surface area contributed by atoms with Crippen LogP contribution in [0.25, 0.3) is 0 Å². The van der Waals surface area contributed by atoms with Gasteiger partial charge in [-0.05, 0) is 50.4 Å². The third-order valence-electron chi connectivity index (χ3n) is 4.98. The molecule has 2 heterocycles. The van der Waals surface area contributed by atoms with Crippen LogP contribution in [0.2, 0.25) is 0 Å². The normalized spacial score (nSPS) is 23.1. The lowest BCUT2D eigenvalue weighted by molar-refractivity contribution is 0.201. The van der Waals surface area contributed by atoms with Crippen molar-refractivity contribution in [2.75, 3.05) is 19.6 Å². The van der Waals surface area contributed by atoms with Crippen molar-refractivity contribution in [3.8, 4) is 0 Å². The summed E-state index contributed by atoms with van der Waals surface area (Å²) in [6.45, 7) is 6.83. The van der Waals surface area contributed by atoms with Gasteiger partial charge in [-0.1, -0.05) is 25.8 Å². The molecule has 0 unspecified atom stereocenters. The lowest BCUT2D eigenvalue weighted by atomic mass is 9.97. The molecule has 0 atom stereocenters. The maximum atomic E-state index is 4.63. The molecule has 0 radical (unpaired) electrons. The first kappa shape index (κ1) is 14.0. The molecule has 2 aliphatic rings. The fourth-order valence-corrected chi connectivity index (χ4v) is 3.89. The van der Waals surface area contributed by atoms with Gasteiger partial charge in [0.2, 0.25) is 0 Å². The standard InChI is InChI=1S/C17H27N3/c1-2-15-7-5-10-18-16(15)13-20-12-6-11-19-17(14-20)8-3-4-9-17/h5,7,10,19H,2-4,6,8-9,11-14H2,1H3. The first-order chi connectivity index (χ1) is 9.81. The van der Waals surface area contributed by atoms with Gasteiger partial charge in [-0.15, -0.1) is 0 Å². The van der Waals surface area contributed by atoms with Crippen molar-refractivity contribution in [3.63, 3.8) is 0 Å². The summed E-state index contributed by atoms with van der Waals surface area (Å²) in [5.41, 5.74) is 3.09. The Kier molecular flexibility index (Phi) is 4.37. The van der Waals surface area contributed by atoms with Crippen LogP contribution in [-0.4, -0.2) is 35.1 Å². The number of rotatable bonds is 3. The fourth-order valence-electron chi connectivity index (χ4n) is 3.89. The Bertz CT molecular complexity index is 438. The van der Waals surface area contributed by atoms with E-state index in [-0.39, 0.29) is 0 Å². The maximum Gasteiger partial charge on any atom is 0.0575 e. The molecule has 1 aromatic rings. The van der Waals surface area contributed by atoms with Crippen LogP contribution in [0, 0.1) is 0 Å². The molecule has 3 rings (SSSR count). The Morgan fingerprint density at radius 3 is 2.95 bits per heavy atom. The van der Waals surface area contributed by atoms with E-state index in [2.05, 4.69) is 34.3 Å². The van der Waals surface area contributed by atoms with E-state index < -0.39 is 0 Å². The second kappa shape index (κ2) is 6.23. The quantitative estimate of drug-likeness (QED) is 0.918. The molecule has 110 valence electrons. The number of hydrogen-bond acceptors (Lipinski definition) is 3. The van der Waals surface area contributed by atoms with Crippen LogP contribution in [0.4, 0.5) is 0 Å². The zero-order valence-corrected chi connectivity index (χ0v) is 12.7. The largest absolute Gasteiger partial charge is 0.310 e. The van der Waals surface area contributed by atoms with Gasteiger partial charge in [0.25, 0.3) is 0 Å². The highest BCUT2D eigenvalue weighted by Gasteiger charge is 2.36. The molecule has 2 fully saturated rings. The maximum absolute atomic E-state index is 4.63. The van der Waals surface area contributed by atoms with Crippen molar-refractivity contribution in [1.29, 1.82) is 0 Å². The molecule has 0 aromatic carbocycles. The van der Waals surface area contributed by atoms with E-state index in [0.29, 0.717) is 5.54 Å². The summed E-state index contributed by atoms with van der Waals surface area (Å²) < 4.78 is 0. The van der Waals surface area contributed by atoms with Gasteiger partial charge in [0.15, 0.2) is 0 Å². The summed E-state index contributed by atoms with van der Waals surface area (Å²) in [4.78, 5) is 7.26. The van der Waals surface area contributed by atoms with Gasteiger partial charge in [-0.3, -0.25) is 9.88 Å². The van der Waals surface area contributed by atoms with E-state index >= 15 is 0 Å². The molecule has 0 bridgehead atoms. The van der Waals surface area contributed by atoms with Crippen LogP contribution in [-0.2, 0) is 13.0 Å². The van der Waals surface area contributed by atoms with Crippen LogP contribution in [0.3, 0.4) is 0 Å². The molecule has 1 saturated carbocycles. The van der Waals surface area contributed by atoms with Crippen molar-refractivity contribution >= 4 is 0 Å². The Hall–Kier alpha value is -0.930. The predicted octanol–water partition coefficient (Wildman–Crippen LogP) is 2.75. The predicted molar refractivity (Wildman–Crippen MR) is 82.7 cm³/mol. The summed E-state index contributed by atoms with van der Waals surface area (Å²) in [6.07, 6.45) is 9.78. The Morgan fingerprint density at radius 2 is 2.15 bits per heavy atom. The Balaban J connectivity index is 1.72. The highest BCUT2D eigenvalue weighted by Crippen LogP contribution is 2.32. The molecule has 1 aliphatic heterocycles. The summed E-state index contributed by atoms with van der Waals surface area (Å²) in [5.74, 6) is 0. The number of aryl methyl sites for hydroxylation is 1.